The number of aromatic nitrogens is 2. The molecule has 0 saturated heterocycles. The Morgan fingerprint density at radius 2 is 1.82 bits per heavy atom. The first-order valence-electron chi connectivity index (χ1n) is 13.3. The van der Waals surface area contributed by atoms with Crippen LogP contribution in [0.4, 0.5) is 10.2 Å². The van der Waals surface area contributed by atoms with Gasteiger partial charge in [0.05, 0.1) is 12.3 Å². The average Bonchev–Trinajstić information content (AvgIpc) is 2.89. The Hall–Kier alpha value is -3.73. The van der Waals surface area contributed by atoms with Gasteiger partial charge in [0.1, 0.15) is 29.1 Å². The number of anilines is 1. The molecule has 1 aliphatic rings. The van der Waals surface area contributed by atoms with Crippen molar-refractivity contribution >= 4 is 21.7 Å². The van der Waals surface area contributed by atoms with Crippen LogP contribution in [0.25, 0.3) is 11.3 Å². The standard InChI is InChI=1S/C29H35FN4O5S/c1-17(2)16-38-22-14-20(13-21(30)15-22)24-12-11-23(29(32-24)39-27-18(3)7-5-8-19(27)4)28(35)34-40(36,37)26-10-6-9-25(31)33-26/h6,9-15,17-19,27H,5,7-8,16H2,1-4H3,(H2,31,33)(H,34,35). The summed E-state index contributed by atoms with van der Waals surface area (Å²) in [4.78, 5) is 21.7. The number of carbonyl (C=O) groups is 1. The molecule has 4 rings (SSSR count). The average molecular weight is 571 g/mol. The van der Waals surface area contributed by atoms with Gasteiger partial charge < -0.3 is 15.2 Å². The van der Waals surface area contributed by atoms with E-state index in [0.29, 0.717) is 23.6 Å². The molecule has 0 aliphatic heterocycles. The van der Waals surface area contributed by atoms with Gasteiger partial charge in [-0.25, -0.2) is 19.1 Å². The molecule has 3 aromatic rings. The van der Waals surface area contributed by atoms with Crippen molar-refractivity contribution in [3.8, 4) is 22.9 Å². The fraction of sp³-hybridized carbons (Fsp3) is 0.414. The fourth-order valence-electron chi connectivity index (χ4n) is 4.74. The number of sulfonamides is 1. The van der Waals surface area contributed by atoms with Crippen molar-refractivity contribution in [1.82, 2.24) is 14.7 Å². The topological polar surface area (TPSA) is 134 Å². The van der Waals surface area contributed by atoms with E-state index in [1.165, 1.54) is 42.5 Å². The summed E-state index contributed by atoms with van der Waals surface area (Å²) in [5.41, 5.74) is 6.32. The zero-order valence-electron chi connectivity index (χ0n) is 23.1. The highest BCUT2D eigenvalue weighted by atomic mass is 32.2. The molecule has 1 aromatic carbocycles. The van der Waals surface area contributed by atoms with Crippen LogP contribution in [-0.4, -0.2) is 37.0 Å². The summed E-state index contributed by atoms with van der Waals surface area (Å²) in [6, 6.07) is 11.3. The van der Waals surface area contributed by atoms with E-state index in [0.717, 1.165) is 19.3 Å². The third kappa shape index (κ3) is 7.07. The van der Waals surface area contributed by atoms with Crippen molar-refractivity contribution in [1.29, 1.82) is 0 Å². The number of pyridine rings is 2. The van der Waals surface area contributed by atoms with Crippen LogP contribution in [0, 0.1) is 23.6 Å². The first-order valence-corrected chi connectivity index (χ1v) is 14.8. The lowest BCUT2D eigenvalue weighted by Crippen LogP contribution is -2.37. The van der Waals surface area contributed by atoms with E-state index in [1.54, 1.807) is 6.07 Å². The van der Waals surface area contributed by atoms with Gasteiger partial charge in [-0.05, 0) is 67.0 Å². The summed E-state index contributed by atoms with van der Waals surface area (Å²) in [6.07, 6.45) is 2.72. The number of nitrogens with two attached hydrogens (primary N) is 1. The lowest BCUT2D eigenvalue weighted by Gasteiger charge is -2.34. The lowest BCUT2D eigenvalue weighted by molar-refractivity contribution is 0.0501. The molecule has 2 atom stereocenters. The van der Waals surface area contributed by atoms with Crippen molar-refractivity contribution < 1.29 is 27.1 Å². The molecule has 1 amide bonds. The first-order chi connectivity index (χ1) is 18.9. The third-order valence-electron chi connectivity index (χ3n) is 6.79. The molecule has 3 N–H and O–H groups in total. The Labute approximate surface area is 234 Å². The number of nitrogen functional groups attached to an aromatic ring is 1. The summed E-state index contributed by atoms with van der Waals surface area (Å²) < 4.78 is 54.4. The molecule has 1 aliphatic carbocycles. The molecule has 40 heavy (non-hydrogen) atoms. The fourth-order valence-corrected chi connectivity index (χ4v) is 5.68. The molecule has 9 nitrogen and oxygen atoms in total. The second kappa shape index (κ2) is 12.2. The van der Waals surface area contributed by atoms with Gasteiger partial charge in [-0.3, -0.25) is 4.79 Å². The normalized spacial score (nSPS) is 19.3. The van der Waals surface area contributed by atoms with Crippen LogP contribution in [-0.2, 0) is 10.0 Å². The van der Waals surface area contributed by atoms with Crippen LogP contribution >= 0.6 is 0 Å². The summed E-state index contributed by atoms with van der Waals surface area (Å²) >= 11 is 0. The van der Waals surface area contributed by atoms with Crippen molar-refractivity contribution in [2.24, 2.45) is 17.8 Å². The molecule has 0 radical (unpaired) electrons. The van der Waals surface area contributed by atoms with Crippen LogP contribution in [0.15, 0.2) is 53.6 Å². The van der Waals surface area contributed by atoms with Gasteiger partial charge in [0, 0.05) is 11.6 Å². The second-order valence-electron chi connectivity index (χ2n) is 10.7. The monoisotopic (exact) mass is 570 g/mol. The molecule has 1 saturated carbocycles. The number of hydrogen-bond donors (Lipinski definition) is 2. The number of amides is 1. The number of rotatable bonds is 9. The van der Waals surface area contributed by atoms with Crippen molar-refractivity contribution in [2.75, 3.05) is 12.3 Å². The van der Waals surface area contributed by atoms with Crippen molar-refractivity contribution in [3.63, 3.8) is 0 Å². The van der Waals surface area contributed by atoms with Gasteiger partial charge in [-0.15, -0.1) is 0 Å². The largest absolute Gasteiger partial charge is 0.493 e. The van der Waals surface area contributed by atoms with E-state index >= 15 is 0 Å². The molecule has 2 heterocycles. The molecule has 214 valence electrons. The molecular formula is C29H35FN4O5S. The molecule has 0 bridgehead atoms. The number of ether oxygens (including phenoxy) is 2. The summed E-state index contributed by atoms with van der Waals surface area (Å²) in [6.45, 7) is 8.55. The van der Waals surface area contributed by atoms with E-state index in [4.69, 9.17) is 15.2 Å². The number of nitrogens with one attached hydrogen (secondary N) is 1. The van der Waals surface area contributed by atoms with Crippen LogP contribution in [0.5, 0.6) is 11.6 Å². The highest BCUT2D eigenvalue weighted by Crippen LogP contribution is 2.34. The Bertz CT molecular complexity index is 1470. The van der Waals surface area contributed by atoms with E-state index < -0.39 is 26.8 Å². The van der Waals surface area contributed by atoms with Crippen molar-refractivity contribution in [2.45, 2.75) is 58.1 Å². The quantitative estimate of drug-likeness (QED) is 0.358. The minimum Gasteiger partial charge on any atom is -0.493 e. The highest BCUT2D eigenvalue weighted by molar-refractivity contribution is 7.90. The molecule has 2 unspecified atom stereocenters. The van der Waals surface area contributed by atoms with Gasteiger partial charge in [-0.2, -0.15) is 8.42 Å². The van der Waals surface area contributed by atoms with E-state index in [-0.39, 0.29) is 41.1 Å². The number of benzene rings is 1. The van der Waals surface area contributed by atoms with Gasteiger partial charge in [0.2, 0.25) is 5.88 Å². The molecule has 2 aromatic heterocycles. The number of carbonyl (C=O) groups excluding carboxylic acids is 1. The Balaban J connectivity index is 1.72. The number of nitrogens with zero attached hydrogens (tertiary/aromatic N) is 2. The van der Waals surface area contributed by atoms with Gasteiger partial charge in [0.25, 0.3) is 15.9 Å². The SMILES string of the molecule is CC(C)COc1cc(F)cc(-c2ccc(C(=O)NS(=O)(=O)c3cccc(N)n3)c(OC3C(C)CCCC3C)n2)c1. The second-order valence-corrected chi connectivity index (χ2v) is 12.4. The molecule has 1 fully saturated rings. The molecular weight excluding hydrogens is 535 g/mol. The van der Waals surface area contributed by atoms with Crippen LogP contribution in [0.3, 0.4) is 0 Å². The van der Waals surface area contributed by atoms with Crippen molar-refractivity contribution in [3.05, 3.63) is 59.9 Å². The molecule has 0 spiro atoms. The zero-order valence-corrected chi connectivity index (χ0v) is 23.9. The highest BCUT2D eigenvalue weighted by Gasteiger charge is 2.32. The lowest BCUT2D eigenvalue weighted by atomic mass is 9.80. The van der Waals surface area contributed by atoms with Crippen LogP contribution in [0.2, 0.25) is 0 Å². The van der Waals surface area contributed by atoms with Gasteiger partial charge in [-0.1, -0.05) is 40.2 Å². The summed E-state index contributed by atoms with van der Waals surface area (Å²) in [5.74, 6) is -0.494. The Morgan fingerprint density at radius 1 is 1.10 bits per heavy atom. The van der Waals surface area contributed by atoms with Gasteiger partial charge >= 0.3 is 0 Å². The van der Waals surface area contributed by atoms with Gasteiger partial charge in [0.15, 0.2) is 5.03 Å². The maximum atomic E-state index is 14.5. The van der Waals surface area contributed by atoms with E-state index in [1.807, 2.05) is 18.6 Å². The zero-order chi connectivity index (χ0) is 29.0. The maximum Gasteiger partial charge on any atom is 0.281 e. The first kappa shape index (κ1) is 29.3. The van der Waals surface area contributed by atoms with Crippen LogP contribution in [0.1, 0.15) is 57.3 Å². The Kier molecular flexibility index (Phi) is 8.92. The smallest absolute Gasteiger partial charge is 0.281 e. The van der Waals surface area contributed by atoms with Crippen LogP contribution < -0.4 is 19.9 Å². The van der Waals surface area contributed by atoms with E-state index in [9.17, 15) is 17.6 Å². The molecule has 11 heteroatoms. The maximum absolute atomic E-state index is 14.5. The van der Waals surface area contributed by atoms with E-state index in [2.05, 4.69) is 23.8 Å². The number of halogens is 1. The predicted octanol–water partition coefficient (Wildman–Crippen LogP) is 5.22. The minimum atomic E-state index is -4.33. The number of hydrogen-bond acceptors (Lipinski definition) is 8. The summed E-state index contributed by atoms with van der Waals surface area (Å²) in [7, 11) is -4.33. The minimum absolute atomic E-state index is 0.00234. The third-order valence-corrected chi connectivity index (χ3v) is 8.02. The summed E-state index contributed by atoms with van der Waals surface area (Å²) in [5, 5.41) is -0.392. The Morgan fingerprint density at radius 3 is 2.50 bits per heavy atom. The predicted molar refractivity (Wildman–Crippen MR) is 150 cm³/mol.